The van der Waals surface area contributed by atoms with E-state index >= 15 is 0 Å². The highest BCUT2D eigenvalue weighted by Gasteiger charge is 2.02. The lowest BCUT2D eigenvalue weighted by atomic mass is 10.1. The molecule has 0 aliphatic rings. The number of nitrogens with zero attached hydrogens (tertiary/aromatic N) is 1. The predicted octanol–water partition coefficient (Wildman–Crippen LogP) is 0.516. The molecule has 0 unspecified atom stereocenters. The highest BCUT2D eigenvalue weighted by molar-refractivity contribution is 5.79. The summed E-state index contributed by atoms with van der Waals surface area (Å²) in [5.74, 6) is 0.0524. The van der Waals surface area contributed by atoms with Crippen LogP contribution in [-0.4, -0.2) is 44.5 Å². The summed E-state index contributed by atoms with van der Waals surface area (Å²) in [6, 6.07) is 0. The van der Waals surface area contributed by atoms with Crippen LogP contribution < -0.4 is 11.1 Å². The maximum absolute atomic E-state index is 11.5. The van der Waals surface area contributed by atoms with Crippen molar-refractivity contribution in [2.24, 2.45) is 5.73 Å². The lowest BCUT2D eigenvalue weighted by Gasteiger charge is -2.10. The minimum atomic E-state index is 0.0524. The average Bonchev–Trinajstić information content (AvgIpc) is 2.23. The predicted molar refractivity (Wildman–Crippen MR) is 68.1 cm³/mol. The molecule has 16 heavy (non-hydrogen) atoms. The first-order valence-corrected chi connectivity index (χ1v) is 5.53. The average molecular weight is 225 g/mol. The molecule has 0 aromatic carbocycles. The summed E-state index contributed by atoms with van der Waals surface area (Å²) in [6.07, 6.45) is 6.09. The lowest BCUT2D eigenvalue weighted by molar-refractivity contribution is -0.120. The standard InChI is InChI=1S/C12H23N3O/c1-4-11(6-5-7-13)10-12(16)14-8-9-15(2)3/h4-6H,7-10,13H2,1-3H3,(H,14,16)/b6-5-,11-4+. The van der Waals surface area contributed by atoms with E-state index in [-0.39, 0.29) is 5.91 Å². The van der Waals surface area contributed by atoms with Crippen LogP contribution in [-0.2, 0) is 4.79 Å². The number of rotatable bonds is 7. The molecule has 92 valence electrons. The molecule has 0 aromatic heterocycles. The smallest absolute Gasteiger partial charge is 0.224 e. The Bertz CT molecular complexity index is 257. The Hall–Kier alpha value is -1.13. The molecule has 0 fully saturated rings. The maximum Gasteiger partial charge on any atom is 0.224 e. The van der Waals surface area contributed by atoms with Crippen LogP contribution in [0.3, 0.4) is 0 Å². The van der Waals surface area contributed by atoms with Gasteiger partial charge in [-0.2, -0.15) is 0 Å². The van der Waals surface area contributed by atoms with Crippen LogP contribution in [0.2, 0.25) is 0 Å². The number of carbonyl (C=O) groups excluding carboxylic acids is 1. The molecule has 0 atom stereocenters. The molecule has 0 aliphatic heterocycles. The zero-order valence-electron chi connectivity index (χ0n) is 10.5. The minimum Gasteiger partial charge on any atom is -0.355 e. The number of carbonyl (C=O) groups is 1. The van der Waals surface area contributed by atoms with Crippen molar-refractivity contribution in [3.05, 3.63) is 23.8 Å². The number of likely N-dealkylation sites (N-methyl/N-ethyl adjacent to an activating group) is 1. The number of amides is 1. The van der Waals surface area contributed by atoms with Crippen LogP contribution in [0.15, 0.2) is 23.8 Å². The molecule has 0 saturated heterocycles. The maximum atomic E-state index is 11.5. The number of allylic oxidation sites excluding steroid dienone is 2. The minimum absolute atomic E-state index is 0.0524. The van der Waals surface area contributed by atoms with Crippen LogP contribution in [0.5, 0.6) is 0 Å². The largest absolute Gasteiger partial charge is 0.355 e. The van der Waals surface area contributed by atoms with Gasteiger partial charge in [-0.25, -0.2) is 0 Å². The highest BCUT2D eigenvalue weighted by Crippen LogP contribution is 2.02. The van der Waals surface area contributed by atoms with Gasteiger partial charge in [0.15, 0.2) is 0 Å². The molecule has 0 heterocycles. The van der Waals surface area contributed by atoms with Crippen molar-refractivity contribution in [1.29, 1.82) is 0 Å². The van der Waals surface area contributed by atoms with Gasteiger partial charge in [0.2, 0.25) is 5.91 Å². The van der Waals surface area contributed by atoms with Crippen molar-refractivity contribution in [2.75, 3.05) is 33.7 Å². The van der Waals surface area contributed by atoms with Crippen molar-refractivity contribution >= 4 is 5.91 Å². The molecule has 4 nitrogen and oxygen atoms in total. The van der Waals surface area contributed by atoms with Crippen molar-refractivity contribution in [1.82, 2.24) is 10.2 Å². The van der Waals surface area contributed by atoms with Crippen molar-refractivity contribution in [3.63, 3.8) is 0 Å². The fourth-order valence-corrected chi connectivity index (χ4v) is 1.14. The van der Waals surface area contributed by atoms with E-state index in [9.17, 15) is 4.79 Å². The zero-order valence-corrected chi connectivity index (χ0v) is 10.5. The Morgan fingerprint density at radius 3 is 2.62 bits per heavy atom. The van der Waals surface area contributed by atoms with Gasteiger partial charge in [0.25, 0.3) is 0 Å². The number of nitrogens with one attached hydrogen (secondary N) is 1. The van der Waals surface area contributed by atoms with E-state index in [4.69, 9.17) is 5.73 Å². The quantitative estimate of drug-likeness (QED) is 0.621. The van der Waals surface area contributed by atoms with Gasteiger partial charge in [-0.1, -0.05) is 18.2 Å². The van der Waals surface area contributed by atoms with Crippen LogP contribution >= 0.6 is 0 Å². The normalized spacial score (nSPS) is 12.4. The van der Waals surface area contributed by atoms with Crippen molar-refractivity contribution < 1.29 is 4.79 Å². The SMILES string of the molecule is C/C=C(\C=C/CN)CC(=O)NCCN(C)C. The molecule has 0 rings (SSSR count). The first-order chi connectivity index (χ1) is 7.60. The molecule has 3 N–H and O–H groups in total. The summed E-state index contributed by atoms with van der Waals surface area (Å²) in [4.78, 5) is 13.6. The van der Waals surface area contributed by atoms with Gasteiger partial charge in [0, 0.05) is 19.6 Å². The van der Waals surface area contributed by atoms with Gasteiger partial charge < -0.3 is 16.0 Å². The number of hydrogen-bond acceptors (Lipinski definition) is 3. The van der Waals surface area contributed by atoms with E-state index in [0.717, 1.165) is 12.1 Å². The number of hydrogen-bond donors (Lipinski definition) is 2. The molecule has 1 amide bonds. The van der Waals surface area contributed by atoms with E-state index < -0.39 is 0 Å². The van der Waals surface area contributed by atoms with Crippen LogP contribution in [0.25, 0.3) is 0 Å². The van der Waals surface area contributed by atoms with Gasteiger partial charge in [-0.15, -0.1) is 0 Å². The summed E-state index contributed by atoms with van der Waals surface area (Å²) in [7, 11) is 3.96. The highest BCUT2D eigenvalue weighted by atomic mass is 16.1. The first kappa shape index (κ1) is 14.9. The Morgan fingerprint density at radius 2 is 2.12 bits per heavy atom. The second-order valence-electron chi connectivity index (χ2n) is 3.83. The fraction of sp³-hybridized carbons (Fsp3) is 0.583. The van der Waals surface area contributed by atoms with Crippen molar-refractivity contribution in [3.8, 4) is 0 Å². The monoisotopic (exact) mass is 225 g/mol. The Labute approximate surface area is 98.2 Å². The van der Waals surface area contributed by atoms with E-state index in [1.807, 2.05) is 44.1 Å². The van der Waals surface area contributed by atoms with Crippen molar-refractivity contribution in [2.45, 2.75) is 13.3 Å². The molecular weight excluding hydrogens is 202 g/mol. The van der Waals surface area contributed by atoms with Crippen LogP contribution in [0, 0.1) is 0 Å². The van der Waals surface area contributed by atoms with Crippen LogP contribution in [0.4, 0.5) is 0 Å². The fourth-order valence-electron chi connectivity index (χ4n) is 1.14. The van der Waals surface area contributed by atoms with Gasteiger partial charge in [-0.05, 0) is 26.6 Å². The Balaban J connectivity index is 3.89. The Kier molecular flexibility index (Phi) is 8.48. The molecule has 0 aromatic rings. The summed E-state index contributed by atoms with van der Waals surface area (Å²) in [6.45, 7) is 3.96. The summed E-state index contributed by atoms with van der Waals surface area (Å²) >= 11 is 0. The van der Waals surface area contributed by atoms with E-state index in [1.54, 1.807) is 0 Å². The molecule has 4 heteroatoms. The summed E-state index contributed by atoms with van der Waals surface area (Å²) in [5, 5.41) is 2.87. The van der Waals surface area contributed by atoms with Crippen LogP contribution in [0.1, 0.15) is 13.3 Å². The third-order valence-corrected chi connectivity index (χ3v) is 2.08. The second kappa shape index (κ2) is 9.12. The molecule has 0 saturated carbocycles. The molecule has 0 bridgehead atoms. The Morgan fingerprint density at radius 1 is 1.44 bits per heavy atom. The third-order valence-electron chi connectivity index (χ3n) is 2.08. The van der Waals surface area contributed by atoms with Gasteiger partial charge in [0.1, 0.15) is 0 Å². The van der Waals surface area contributed by atoms with Gasteiger partial charge in [0.05, 0.1) is 6.42 Å². The van der Waals surface area contributed by atoms with Gasteiger partial charge in [-0.3, -0.25) is 4.79 Å². The number of nitrogens with two attached hydrogens (primary N) is 1. The third kappa shape index (κ3) is 8.20. The molecule has 0 aliphatic carbocycles. The molecule has 0 radical (unpaired) electrons. The second-order valence-corrected chi connectivity index (χ2v) is 3.83. The van der Waals surface area contributed by atoms with Gasteiger partial charge >= 0.3 is 0 Å². The van der Waals surface area contributed by atoms with E-state index in [0.29, 0.717) is 19.5 Å². The summed E-state index contributed by atoms with van der Waals surface area (Å²) < 4.78 is 0. The summed E-state index contributed by atoms with van der Waals surface area (Å²) in [5.41, 5.74) is 6.35. The first-order valence-electron chi connectivity index (χ1n) is 5.53. The van der Waals surface area contributed by atoms with E-state index in [2.05, 4.69) is 5.32 Å². The zero-order chi connectivity index (χ0) is 12.4. The lowest BCUT2D eigenvalue weighted by Crippen LogP contribution is -2.31. The van der Waals surface area contributed by atoms with E-state index in [1.165, 1.54) is 0 Å². The molecule has 0 spiro atoms. The molecular formula is C12H23N3O. The topological polar surface area (TPSA) is 58.4 Å².